The minimum atomic E-state index is -0.152. The summed E-state index contributed by atoms with van der Waals surface area (Å²) in [6, 6.07) is 0.638. The highest BCUT2D eigenvalue weighted by atomic mass is 16.5. The molecule has 0 bridgehead atoms. The van der Waals surface area contributed by atoms with Gasteiger partial charge in [0, 0.05) is 32.3 Å². The number of rotatable bonds is 7. The Morgan fingerprint density at radius 1 is 1.28 bits per heavy atom. The number of hydrogen-bond donors (Lipinski definition) is 2. The molecule has 0 aromatic carbocycles. The summed E-state index contributed by atoms with van der Waals surface area (Å²) < 4.78 is 5.39. The van der Waals surface area contributed by atoms with Gasteiger partial charge in [0.15, 0.2) is 0 Å². The number of likely N-dealkylation sites (N-methyl/N-ethyl adjacent to an activating group) is 1. The van der Waals surface area contributed by atoms with Crippen molar-refractivity contribution >= 4 is 0 Å². The molecule has 2 fully saturated rings. The number of nitrogens with one attached hydrogen (secondary N) is 1. The van der Waals surface area contributed by atoms with Gasteiger partial charge in [-0.1, -0.05) is 0 Å². The Hall–Kier alpha value is -0.160. The molecular formula is C14H28N2O2. The number of aliphatic hydroxyl groups excluding tert-OH is 1. The van der Waals surface area contributed by atoms with Crippen LogP contribution in [0.15, 0.2) is 0 Å². The van der Waals surface area contributed by atoms with E-state index in [4.69, 9.17) is 4.74 Å². The molecule has 1 aliphatic carbocycles. The van der Waals surface area contributed by atoms with Crippen molar-refractivity contribution in [2.24, 2.45) is 5.92 Å². The van der Waals surface area contributed by atoms with Crippen LogP contribution in [0.2, 0.25) is 0 Å². The van der Waals surface area contributed by atoms with E-state index in [1.807, 2.05) is 0 Å². The van der Waals surface area contributed by atoms with Gasteiger partial charge in [-0.05, 0) is 45.6 Å². The minimum absolute atomic E-state index is 0.152. The van der Waals surface area contributed by atoms with Crippen LogP contribution in [0.1, 0.15) is 32.6 Å². The Kier molecular flexibility index (Phi) is 5.01. The van der Waals surface area contributed by atoms with Crippen LogP contribution >= 0.6 is 0 Å². The zero-order valence-electron chi connectivity index (χ0n) is 11.8. The largest absolute Gasteiger partial charge is 0.394 e. The molecule has 1 heterocycles. The Morgan fingerprint density at radius 3 is 2.50 bits per heavy atom. The van der Waals surface area contributed by atoms with Crippen molar-refractivity contribution in [1.29, 1.82) is 0 Å². The number of hydrogen-bond acceptors (Lipinski definition) is 4. The molecule has 0 aromatic rings. The van der Waals surface area contributed by atoms with Gasteiger partial charge in [-0.15, -0.1) is 0 Å². The first kappa shape index (κ1) is 14.3. The van der Waals surface area contributed by atoms with Crippen LogP contribution in [0.5, 0.6) is 0 Å². The Morgan fingerprint density at radius 2 is 1.94 bits per heavy atom. The molecular weight excluding hydrogens is 228 g/mol. The van der Waals surface area contributed by atoms with Gasteiger partial charge >= 0.3 is 0 Å². The average molecular weight is 256 g/mol. The van der Waals surface area contributed by atoms with E-state index in [9.17, 15) is 5.11 Å². The molecule has 1 saturated carbocycles. The maximum Gasteiger partial charge on any atom is 0.0623 e. The molecule has 106 valence electrons. The summed E-state index contributed by atoms with van der Waals surface area (Å²) >= 11 is 0. The molecule has 2 N–H and O–H groups in total. The van der Waals surface area contributed by atoms with Gasteiger partial charge in [-0.2, -0.15) is 0 Å². The highest BCUT2D eigenvalue weighted by molar-refractivity contribution is 4.94. The molecule has 0 spiro atoms. The quantitative estimate of drug-likeness (QED) is 0.709. The van der Waals surface area contributed by atoms with Crippen molar-refractivity contribution in [3.63, 3.8) is 0 Å². The van der Waals surface area contributed by atoms with E-state index >= 15 is 0 Å². The number of aliphatic hydroxyl groups is 1. The zero-order valence-corrected chi connectivity index (χ0v) is 11.8. The first-order valence-corrected chi connectivity index (χ1v) is 7.26. The lowest BCUT2D eigenvalue weighted by Gasteiger charge is -2.35. The topological polar surface area (TPSA) is 44.7 Å². The fourth-order valence-corrected chi connectivity index (χ4v) is 2.89. The molecule has 1 aliphatic heterocycles. The van der Waals surface area contributed by atoms with Gasteiger partial charge in [0.1, 0.15) is 0 Å². The number of nitrogens with zero attached hydrogens (tertiary/aromatic N) is 1. The number of ether oxygens (including phenoxy) is 1. The molecule has 1 saturated heterocycles. The van der Waals surface area contributed by atoms with Crippen LogP contribution in [0.3, 0.4) is 0 Å². The normalized spacial score (nSPS) is 25.3. The van der Waals surface area contributed by atoms with Gasteiger partial charge in [-0.3, -0.25) is 0 Å². The smallest absolute Gasteiger partial charge is 0.0623 e. The van der Waals surface area contributed by atoms with Crippen LogP contribution in [0.25, 0.3) is 0 Å². The molecule has 18 heavy (non-hydrogen) atoms. The van der Waals surface area contributed by atoms with Gasteiger partial charge in [-0.25, -0.2) is 0 Å². The first-order valence-electron chi connectivity index (χ1n) is 7.26. The van der Waals surface area contributed by atoms with Gasteiger partial charge < -0.3 is 20.1 Å². The van der Waals surface area contributed by atoms with E-state index in [1.165, 1.54) is 25.7 Å². The van der Waals surface area contributed by atoms with E-state index < -0.39 is 0 Å². The Bertz CT molecular complexity index is 252. The average Bonchev–Trinajstić information content (AvgIpc) is 3.13. The van der Waals surface area contributed by atoms with Crippen LogP contribution < -0.4 is 5.32 Å². The fraction of sp³-hybridized carbons (Fsp3) is 1.00. The molecule has 2 aliphatic rings. The SMILES string of the molecule is CN(CC1CCOCC1)CC(C)(CO)NC1CC1. The maximum absolute atomic E-state index is 9.61. The lowest BCUT2D eigenvalue weighted by molar-refractivity contribution is 0.0489. The van der Waals surface area contributed by atoms with E-state index in [2.05, 4.69) is 24.2 Å². The predicted octanol–water partition coefficient (Wildman–Crippen LogP) is 0.848. The van der Waals surface area contributed by atoms with E-state index in [-0.39, 0.29) is 12.1 Å². The van der Waals surface area contributed by atoms with Crippen molar-refractivity contribution in [2.75, 3.05) is 40.0 Å². The third kappa shape index (κ3) is 4.50. The van der Waals surface area contributed by atoms with Gasteiger partial charge in [0.25, 0.3) is 0 Å². The van der Waals surface area contributed by atoms with E-state index in [1.54, 1.807) is 0 Å². The second-order valence-corrected chi connectivity index (χ2v) is 6.39. The molecule has 4 heteroatoms. The maximum atomic E-state index is 9.61. The minimum Gasteiger partial charge on any atom is -0.394 e. The standard InChI is InChI=1S/C14H28N2O2/c1-14(11-17,15-13-3-4-13)10-16(2)9-12-5-7-18-8-6-12/h12-13,15,17H,3-11H2,1-2H3. The van der Waals surface area contributed by atoms with E-state index in [0.29, 0.717) is 6.04 Å². The Labute approximate surface area is 111 Å². The van der Waals surface area contributed by atoms with Gasteiger partial charge in [0.05, 0.1) is 12.1 Å². The predicted molar refractivity (Wildman–Crippen MR) is 72.7 cm³/mol. The lowest BCUT2D eigenvalue weighted by atomic mass is 9.98. The van der Waals surface area contributed by atoms with Crippen molar-refractivity contribution in [3.8, 4) is 0 Å². The molecule has 0 amide bonds. The second-order valence-electron chi connectivity index (χ2n) is 6.39. The van der Waals surface area contributed by atoms with Crippen LogP contribution in [0, 0.1) is 5.92 Å². The molecule has 1 unspecified atom stereocenters. The molecule has 0 radical (unpaired) electrons. The third-order valence-electron chi connectivity index (χ3n) is 4.01. The highest BCUT2D eigenvalue weighted by Gasteiger charge is 2.33. The summed E-state index contributed by atoms with van der Waals surface area (Å²) in [6.07, 6.45) is 4.88. The summed E-state index contributed by atoms with van der Waals surface area (Å²) in [5.74, 6) is 0.757. The van der Waals surface area contributed by atoms with Crippen molar-refractivity contribution < 1.29 is 9.84 Å². The summed E-state index contributed by atoms with van der Waals surface area (Å²) in [7, 11) is 2.16. The summed E-state index contributed by atoms with van der Waals surface area (Å²) in [4.78, 5) is 2.36. The molecule has 2 rings (SSSR count). The Balaban J connectivity index is 1.74. The second kappa shape index (κ2) is 6.33. The molecule has 4 nitrogen and oxygen atoms in total. The van der Waals surface area contributed by atoms with Crippen molar-refractivity contribution in [3.05, 3.63) is 0 Å². The summed E-state index contributed by atoms with van der Waals surface area (Å²) in [6.45, 7) is 6.20. The van der Waals surface area contributed by atoms with Crippen molar-refractivity contribution in [1.82, 2.24) is 10.2 Å². The monoisotopic (exact) mass is 256 g/mol. The lowest BCUT2D eigenvalue weighted by Crippen LogP contribution is -2.54. The van der Waals surface area contributed by atoms with Crippen LogP contribution in [-0.2, 0) is 4.74 Å². The third-order valence-corrected chi connectivity index (χ3v) is 4.01. The van der Waals surface area contributed by atoms with Gasteiger partial charge in [0.2, 0.25) is 0 Å². The molecule has 0 aromatic heterocycles. The highest BCUT2D eigenvalue weighted by Crippen LogP contribution is 2.23. The van der Waals surface area contributed by atoms with Crippen LogP contribution in [-0.4, -0.2) is 61.5 Å². The van der Waals surface area contributed by atoms with E-state index in [0.717, 1.165) is 32.2 Å². The van der Waals surface area contributed by atoms with Crippen molar-refractivity contribution in [2.45, 2.75) is 44.2 Å². The zero-order chi connectivity index (χ0) is 13.0. The summed E-state index contributed by atoms with van der Waals surface area (Å²) in [5.41, 5.74) is -0.152. The first-order chi connectivity index (χ1) is 8.61. The molecule has 1 atom stereocenters. The summed E-state index contributed by atoms with van der Waals surface area (Å²) in [5, 5.41) is 13.2. The van der Waals surface area contributed by atoms with Crippen LogP contribution in [0.4, 0.5) is 0 Å². The fourth-order valence-electron chi connectivity index (χ4n) is 2.89.